The molecule has 2 aromatic carbocycles. The third kappa shape index (κ3) is 5.17. The number of aryl methyl sites for hydroxylation is 3. The van der Waals surface area contributed by atoms with Gasteiger partial charge in [0.25, 0.3) is 0 Å². The van der Waals surface area contributed by atoms with Crippen LogP contribution < -0.4 is 4.74 Å². The summed E-state index contributed by atoms with van der Waals surface area (Å²) in [5.41, 5.74) is 6.18. The molecule has 1 heterocycles. The normalized spacial score (nSPS) is 21.1. The van der Waals surface area contributed by atoms with E-state index in [1.54, 1.807) is 0 Å². The molecule has 0 amide bonds. The molecular formula is C27H38Cl2NORu. The first kappa shape index (κ1) is 25.9. The van der Waals surface area contributed by atoms with E-state index >= 15 is 0 Å². The fourth-order valence-electron chi connectivity index (χ4n) is 5.57. The molecule has 32 heavy (non-hydrogen) atoms. The van der Waals surface area contributed by atoms with Gasteiger partial charge in [0.05, 0.1) is 0 Å². The molecule has 0 spiro atoms. The molecule has 1 fully saturated rings. The average Bonchev–Trinajstić information content (AvgIpc) is 2.79. The van der Waals surface area contributed by atoms with E-state index in [-0.39, 0.29) is 23.1 Å². The molecule has 0 aliphatic carbocycles. The van der Waals surface area contributed by atoms with Crippen molar-refractivity contribution in [2.75, 3.05) is 0 Å². The van der Waals surface area contributed by atoms with Gasteiger partial charge in [-0.25, -0.2) is 0 Å². The zero-order valence-electron chi connectivity index (χ0n) is 20.9. The van der Waals surface area contributed by atoms with Crippen LogP contribution in [-0.2, 0) is 12.6 Å². The maximum absolute atomic E-state index is 7.43. The van der Waals surface area contributed by atoms with E-state index in [2.05, 4.69) is 74.9 Å². The topological polar surface area (TPSA) is 12.5 Å². The Bertz CT molecular complexity index is 1030. The second-order valence-electron chi connectivity index (χ2n) is 10.7. The van der Waals surface area contributed by atoms with Gasteiger partial charge in [0.1, 0.15) is 0 Å². The monoisotopic (exact) mass is 564 g/mol. The van der Waals surface area contributed by atoms with Gasteiger partial charge in [-0.1, -0.05) is 0 Å². The fraction of sp³-hybridized carbons (Fsp3) is 0.519. The standard InChI is InChI=1S/C17H26N.C10H12O.2ClH.Ru/c1-11-8-12(2)14(13(3)9-11)15-16(4,5)10-17(6,7)18-15;1-8(2)11-10-7-5-4-6-9(10)3;;;/h8-9,15H,10H2,1-7H3;3-8H,1-2H3;2*1H;/q-1;;;;+3/p-2. The quantitative estimate of drug-likeness (QED) is 0.340. The van der Waals surface area contributed by atoms with Crippen LogP contribution in [0.1, 0.15) is 81.8 Å². The molecule has 1 atom stereocenters. The summed E-state index contributed by atoms with van der Waals surface area (Å²) in [4.78, 5) is 0. The van der Waals surface area contributed by atoms with Crippen molar-refractivity contribution in [3.63, 3.8) is 0 Å². The first-order valence-corrected chi connectivity index (χ1v) is 17.5. The van der Waals surface area contributed by atoms with E-state index in [1.165, 1.54) is 22.3 Å². The third-order valence-electron chi connectivity index (χ3n) is 6.17. The molecule has 2 aromatic rings. The van der Waals surface area contributed by atoms with Gasteiger partial charge in [0.15, 0.2) is 0 Å². The van der Waals surface area contributed by atoms with Gasteiger partial charge >= 0.3 is 207 Å². The molecule has 0 bridgehead atoms. The molecule has 1 aliphatic heterocycles. The van der Waals surface area contributed by atoms with Crippen LogP contribution in [0.15, 0.2) is 36.4 Å². The predicted octanol–water partition coefficient (Wildman–Crippen LogP) is 8.18. The summed E-state index contributed by atoms with van der Waals surface area (Å²) in [6.07, 6.45) is 1.11. The van der Waals surface area contributed by atoms with Crippen molar-refractivity contribution in [2.45, 2.75) is 86.4 Å². The summed E-state index contributed by atoms with van der Waals surface area (Å²) in [6.45, 7) is 20.0. The van der Waals surface area contributed by atoms with Crippen LogP contribution in [0.25, 0.3) is 0 Å². The van der Waals surface area contributed by atoms with Gasteiger partial charge in [-0.3, -0.25) is 0 Å². The van der Waals surface area contributed by atoms with Crippen molar-refractivity contribution < 1.29 is 17.3 Å². The Balaban J connectivity index is 2.22. The summed E-state index contributed by atoms with van der Waals surface area (Å²) < 4.78 is 10.7. The number of halogens is 2. The number of nitrogens with zero attached hydrogens (tertiary/aromatic N) is 1. The molecule has 1 unspecified atom stereocenters. The minimum absolute atomic E-state index is 0.0337. The molecule has 5 heteroatoms. The number of hydrogen-bond acceptors (Lipinski definition) is 2. The molecule has 1 saturated heterocycles. The van der Waals surface area contributed by atoms with Crippen LogP contribution in [0, 0.1) is 26.2 Å². The van der Waals surface area contributed by atoms with Crippen molar-refractivity contribution in [2.24, 2.45) is 5.41 Å². The van der Waals surface area contributed by atoms with Crippen molar-refractivity contribution in [1.29, 1.82) is 0 Å². The molecule has 3 rings (SSSR count). The van der Waals surface area contributed by atoms with Gasteiger partial charge in [0.2, 0.25) is 0 Å². The van der Waals surface area contributed by atoms with Gasteiger partial charge < -0.3 is 0 Å². The fourth-order valence-corrected chi connectivity index (χ4v) is 13.6. The molecule has 0 saturated carbocycles. The second-order valence-corrected chi connectivity index (χ2v) is 19.7. The first-order chi connectivity index (χ1) is 14.7. The zero-order valence-corrected chi connectivity index (χ0v) is 24.1. The summed E-state index contributed by atoms with van der Waals surface area (Å²) >= 11 is -3.46. The van der Waals surface area contributed by atoms with Crippen LogP contribution in [0.5, 0.6) is 5.75 Å². The third-order valence-corrected chi connectivity index (χ3v) is 12.4. The number of ether oxygens (including phenoxy) is 1. The van der Waals surface area contributed by atoms with Crippen LogP contribution in [-0.4, -0.2) is 19.9 Å². The van der Waals surface area contributed by atoms with Gasteiger partial charge in [-0.05, 0) is 0 Å². The molecule has 0 N–H and O–H groups in total. The van der Waals surface area contributed by atoms with Gasteiger partial charge in [-0.2, -0.15) is 0 Å². The molecule has 179 valence electrons. The van der Waals surface area contributed by atoms with E-state index in [1.807, 2.05) is 32.0 Å². The minimum atomic E-state index is -3.46. The van der Waals surface area contributed by atoms with E-state index in [0.29, 0.717) is 0 Å². The average molecular weight is 565 g/mol. The van der Waals surface area contributed by atoms with Gasteiger partial charge in [-0.15, -0.1) is 0 Å². The molecule has 1 aliphatic rings. The van der Waals surface area contributed by atoms with Crippen molar-refractivity contribution in [3.8, 4) is 5.75 Å². The van der Waals surface area contributed by atoms with Crippen LogP contribution in [0.2, 0.25) is 0 Å². The summed E-state index contributed by atoms with van der Waals surface area (Å²) in [5, 5.41) is 0. The van der Waals surface area contributed by atoms with Crippen LogP contribution >= 0.6 is 19.4 Å². The molecule has 0 aromatic heterocycles. The number of benzene rings is 2. The Morgan fingerprint density at radius 1 is 1.03 bits per heavy atom. The predicted molar refractivity (Wildman–Crippen MR) is 137 cm³/mol. The van der Waals surface area contributed by atoms with Gasteiger partial charge in [0, 0.05) is 0 Å². The molecule has 2 nitrogen and oxygen atoms in total. The van der Waals surface area contributed by atoms with Crippen molar-refractivity contribution in [1.82, 2.24) is 3.64 Å². The first-order valence-electron chi connectivity index (χ1n) is 11.3. The SMILES string of the molecule is Cc1cc(C)c(C2[N]([Ru]([Cl])([Cl])=[CH]c3ccccc3OC(C)C)C(C)(C)CC2(C)C)c(C)c1. The van der Waals surface area contributed by atoms with E-state index in [9.17, 15) is 0 Å². The van der Waals surface area contributed by atoms with Crippen molar-refractivity contribution in [3.05, 3.63) is 64.2 Å². The zero-order chi connectivity index (χ0) is 24.1. The van der Waals surface area contributed by atoms with E-state index < -0.39 is 12.6 Å². The molecule has 0 radical (unpaired) electrons. The van der Waals surface area contributed by atoms with E-state index in [4.69, 9.17) is 24.1 Å². The maximum atomic E-state index is 7.43. The van der Waals surface area contributed by atoms with Crippen molar-refractivity contribution >= 4 is 24.0 Å². The Morgan fingerprint density at radius 2 is 1.59 bits per heavy atom. The summed E-state index contributed by atoms with van der Waals surface area (Å²) in [5.74, 6) is 0.838. The number of rotatable bonds is 5. The second kappa shape index (κ2) is 9.14. The number of hydrogen-bond donors (Lipinski definition) is 0. The summed E-state index contributed by atoms with van der Waals surface area (Å²) in [7, 11) is 14.9. The van der Waals surface area contributed by atoms with Crippen LogP contribution in [0.4, 0.5) is 0 Å². The Hall–Kier alpha value is -0.727. The van der Waals surface area contributed by atoms with Crippen LogP contribution in [0.3, 0.4) is 0 Å². The molecular weight excluding hydrogens is 526 g/mol. The Kier molecular flexibility index (Phi) is 7.40. The van der Waals surface area contributed by atoms with E-state index in [0.717, 1.165) is 17.7 Å². The number of para-hydroxylation sites is 1. The Labute approximate surface area is 205 Å². The summed E-state index contributed by atoms with van der Waals surface area (Å²) in [6, 6.07) is 12.8. The Morgan fingerprint density at radius 3 is 2.16 bits per heavy atom.